The maximum atomic E-state index is 11.7. The van der Waals surface area contributed by atoms with E-state index < -0.39 is 4.93 Å². The fraction of sp³-hybridized carbons (Fsp3) is 0.429. The Balaban J connectivity index is 2.96. The van der Waals surface area contributed by atoms with Gasteiger partial charge in [0.05, 0.1) is 56.9 Å². The van der Waals surface area contributed by atoms with E-state index >= 15 is 0 Å². The Morgan fingerprint density at radius 3 is 1.03 bits per heavy atom. The maximum Gasteiger partial charge on any atom is 0.207 e. The minimum absolute atomic E-state index is 0.188. The van der Waals surface area contributed by atoms with Gasteiger partial charge in [-0.1, -0.05) is 0 Å². The molecule has 1 N–H and O–H groups in total. The first-order valence-corrected chi connectivity index (χ1v) is 9.45. The van der Waals surface area contributed by atoms with Crippen LogP contribution in [0.2, 0.25) is 0 Å². The monoisotopic (exact) mass is 456 g/mol. The molecule has 0 heterocycles. The third kappa shape index (κ3) is 4.05. The van der Waals surface area contributed by atoms with Crippen molar-refractivity contribution in [2.45, 2.75) is 4.93 Å². The Bertz CT molecular complexity index is 855. The number of ether oxygens (including phenoxy) is 8. The lowest BCUT2D eigenvalue weighted by atomic mass is 9.96. The van der Waals surface area contributed by atoms with E-state index in [0.717, 1.165) is 0 Å². The summed E-state index contributed by atoms with van der Waals surface area (Å²) in [6.45, 7) is 0. The standard InChI is InChI=1S/C21H28O9S/c1-23-13-9-11(15(25-3)19(29-7)17(13)27-5)21(22,31)12-10-14(24-2)18(28-6)20(30-8)16(12)26-4/h9-10,22,31H,1-8H3. The number of hydrogen-bond acceptors (Lipinski definition) is 10. The molecule has 0 saturated carbocycles. The molecule has 0 aliphatic carbocycles. The van der Waals surface area contributed by atoms with Gasteiger partial charge in [0.25, 0.3) is 0 Å². The highest BCUT2D eigenvalue weighted by atomic mass is 32.1. The maximum absolute atomic E-state index is 11.7. The summed E-state index contributed by atoms with van der Waals surface area (Å²) in [6, 6.07) is 3.08. The Hall–Kier alpha value is -2.85. The predicted molar refractivity (Wildman–Crippen MR) is 117 cm³/mol. The molecule has 31 heavy (non-hydrogen) atoms. The first kappa shape index (κ1) is 24.4. The first-order valence-electron chi connectivity index (χ1n) is 9.00. The van der Waals surface area contributed by atoms with E-state index in [1.54, 1.807) is 0 Å². The van der Waals surface area contributed by atoms with Crippen LogP contribution in [0.25, 0.3) is 0 Å². The zero-order chi connectivity index (χ0) is 23.3. The average molecular weight is 457 g/mol. The second kappa shape index (κ2) is 9.97. The minimum Gasteiger partial charge on any atom is -0.493 e. The van der Waals surface area contributed by atoms with Gasteiger partial charge in [-0.25, -0.2) is 0 Å². The molecule has 0 saturated heterocycles. The summed E-state index contributed by atoms with van der Waals surface area (Å²) in [4.78, 5) is -1.98. The number of hydrogen-bond donors (Lipinski definition) is 2. The van der Waals surface area contributed by atoms with E-state index in [2.05, 4.69) is 12.6 Å². The van der Waals surface area contributed by atoms with Crippen LogP contribution < -0.4 is 37.9 Å². The number of aliphatic hydroxyl groups is 1. The molecular formula is C21H28O9S. The normalized spacial score (nSPS) is 10.9. The van der Waals surface area contributed by atoms with E-state index in [4.69, 9.17) is 37.9 Å². The molecule has 10 heteroatoms. The fourth-order valence-electron chi connectivity index (χ4n) is 3.33. The van der Waals surface area contributed by atoms with Crippen molar-refractivity contribution in [3.8, 4) is 46.0 Å². The van der Waals surface area contributed by atoms with Gasteiger partial charge in [-0.05, 0) is 12.1 Å². The molecule has 2 aromatic rings. The Morgan fingerprint density at radius 2 is 0.806 bits per heavy atom. The second-order valence-electron chi connectivity index (χ2n) is 6.12. The largest absolute Gasteiger partial charge is 0.493 e. The van der Waals surface area contributed by atoms with Gasteiger partial charge >= 0.3 is 0 Å². The molecule has 2 rings (SSSR count). The van der Waals surface area contributed by atoms with Gasteiger partial charge in [0.15, 0.2) is 27.9 Å². The predicted octanol–water partition coefficient (Wildman–Crippen LogP) is 2.88. The summed E-state index contributed by atoms with van der Waals surface area (Å²) in [7, 11) is 11.6. The van der Waals surface area contributed by atoms with Crippen molar-refractivity contribution in [2.75, 3.05) is 56.9 Å². The van der Waals surface area contributed by atoms with Crippen molar-refractivity contribution in [3.63, 3.8) is 0 Å². The van der Waals surface area contributed by atoms with Gasteiger partial charge in [-0.15, -0.1) is 12.6 Å². The van der Waals surface area contributed by atoms with Crippen molar-refractivity contribution in [2.24, 2.45) is 0 Å². The smallest absolute Gasteiger partial charge is 0.207 e. The van der Waals surface area contributed by atoms with E-state index in [0.29, 0.717) is 23.0 Å². The molecule has 0 aliphatic heterocycles. The Morgan fingerprint density at radius 1 is 0.516 bits per heavy atom. The van der Waals surface area contributed by atoms with Crippen LogP contribution in [0.4, 0.5) is 0 Å². The fourth-order valence-corrected chi connectivity index (χ4v) is 3.66. The quantitative estimate of drug-likeness (QED) is 0.413. The van der Waals surface area contributed by atoms with E-state index in [1.165, 1.54) is 69.0 Å². The van der Waals surface area contributed by atoms with Crippen LogP contribution in [0, 0.1) is 0 Å². The van der Waals surface area contributed by atoms with Gasteiger partial charge < -0.3 is 43.0 Å². The summed E-state index contributed by atoms with van der Waals surface area (Å²) in [5.41, 5.74) is 0.417. The van der Waals surface area contributed by atoms with Crippen LogP contribution in [0.15, 0.2) is 12.1 Å². The molecule has 0 aliphatic rings. The highest BCUT2D eigenvalue weighted by Crippen LogP contribution is 2.56. The van der Waals surface area contributed by atoms with Crippen LogP contribution in [0.5, 0.6) is 46.0 Å². The van der Waals surface area contributed by atoms with Crippen molar-refractivity contribution in [1.82, 2.24) is 0 Å². The molecule has 0 unspecified atom stereocenters. The lowest BCUT2D eigenvalue weighted by Crippen LogP contribution is -2.23. The van der Waals surface area contributed by atoms with Crippen LogP contribution in [0.1, 0.15) is 11.1 Å². The SMILES string of the molecule is COc1cc(C(O)(S)c2cc(OC)c(OC)c(OC)c2OC)c(OC)c(OC)c1OC. The zero-order valence-corrected chi connectivity index (χ0v) is 19.7. The number of thiol groups is 1. The molecule has 0 spiro atoms. The Kier molecular flexibility index (Phi) is 7.85. The lowest BCUT2D eigenvalue weighted by Gasteiger charge is -2.30. The summed E-state index contributed by atoms with van der Waals surface area (Å²) in [6.07, 6.45) is 0. The summed E-state index contributed by atoms with van der Waals surface area (Å²) in [5.74, 6) is 2.01. The van der Waals surface area contributed by atoms with E-state index in [9.17, 15) is 5.11 Å². The summed E-state index contributed by atoms with van der Waals surface area (Å²) >= 11 is 4.58. The highest BCUT2D eigenvalue weighted by molar-refractivity contribution is 7.81. The molecule has 0 amide bonds. The van der Waals surface area contributed by atoms with Gasteiger partial charge in [-0.2, -0.15) is 0 Å². The van der Waals surface area contributed by atoms with Crippen molar-refractivity contribution in [3.05, 3.63) is 23.3 Å². The topological polar surface area (TPSA) is 94.1 Å². The first-order chi connectivity index (χ1) is 14.8. The summed E-state index contributed by atoms with van der Waals surface area (Å²) < 4.78 is 43.7. The van der Waals surface area contributed by atoms with Crippen LogP contribution >= 0.6 is 12.6 Å². The molecule has 0 bridgehead atoms. The van der Waals surface area contributed by atoms with Crippen LogP contribution in [-0.2, 0) is 4.93 Å². The minimum atomic E-state index is -1.98. The molecule has 172 valence electrons. The molecule has 0 atom stereocenters. The van der Waals surface area contributed by atoms with Crippen molar-refractivity contribution in [1.29, 1.82) is 0 Å². The molecular weight excluding hydrogens is 428 g/mol. The van der Waals surface area contributed by atoms with Gasteiger partial charge in [0, 0.05) is 11.1 Å². The van der Waals surface area contributed by atoms with Crippen LogP contribution in [0.3, 0.4) is 0 Å². The van der Waals surface area contributed by atoms with Crippen molar-refractivity contribution >= 4 is 12.6 Å². The molecule has 2 aromatic carbocycles. The van der Waals surface area contributed by atoms with Gasteiger partial charge in [-0.3, -0.25) is 0 Å². The van der Waals surface area contributed by atoms with Crippen LogP contribution in [-0.4, -0.2) is 62.0 Å². The Labute approximate surface area is 187 Å². The number of benzene rings is 2. The third-order valence-corrected chi connectivity index (χ3v) is 5.21. The molecule has 0 radical (unpaired) electrons. The number of methoxy groups -OCH3 is 8. The van der Waals surface area contributed by atoms with E-state index in [1.807, 2.05) is 0 Å². The van der Waals surface area contributed by atoms with Gasteiger partial charge in [0.1, 0.15) is 0 Å². The summed E-state index contributed by atoms with van der Waals surface area (Å²) in [5, 5.41) is 11.7. The van der Waals surface area contributed by atoms with Crippen molar-refractivity contribution < 1.29 is 43.0 Å². The molecule has 9 nitrogen and oxygen atoms in total. The molecule has 0 aromatic heterocycles. The average Bonchev–Trinajstić information content (AvgIpc) is 2.80. The number of rotatable bonds is 10. The third-order valence-electron chi connectivity index (χ3n) is 4.73. The van der Waals surface area contributed by atoms with E-state index in [-0.39, 0.29) is 34.1 Å². The zero-order valence-electron chi connectivity index (χ0n) is 18.8. The van der Waals surface area contributed by atoms with Gasteiger partial charge in [0.2, 0.25) is 23.0 Å². The highest BCUT2D eigenvalue weighted by Gasteiger charge is 2.40. The lowest BCUT2D eigenvalue weighted by molar-refractivity contribution is 0.170. The molecule has 0 fully saturated rings. The second-order valence-corrected chi connectivity index (χ2v) is 6.77.